The minimum Gasteiger partial charge on any atom is -0.341 e. The number of aromatic nitrogens is 2. The van der Waals surface area contributed by atoms with Crippen LogP contribution in [0.15, 0.2) is 12.1 Å². The highest BCUT2D eigenvalue weighted by molar-refractivity contribution is 5.87. The molecule has 2 unspecified atom stereocenters. The van der Waals surface area contributed by atoms with Crippen LogP contribution in [0.5, 0.6) is 0 Å². The lowest BCUT2D eigenvalue weighted by molar-refractivity contribution is -0.168. The molecule has 33 heavy (non-hydrogen) atoms. The number of alkyl halides is 6. The van der Waals surface area contributed by atoms with Crippen LogP contribution < -0.4 is 5.73 Å². The van der Waals surface area contributed by atoms with Crippen LogP contribution in [0.25, 0.3) is 11.0 Å². The molecule has 1 amide bonds. The van der Waals surface area contributed by atoms with Gasteiger partial charge >= 0.3 is 0 Å². The number of likely N-dealkylation sites (tertiary alicyclic amines) is 1. The molecule has 12 heteroatoms. The number of hydrogen-bond donors (Lipinski definition) is 2. The summed E-state index contributed by atoms with van der Waals surface area (Å²) in [6.07, 6.45) is -4.28. The van der Waals surface area contributed by atoms with Gasteiger partial charge in [0.15, 0.2) is 5.82 Å². The second-order valence-electron chi connectivity index (χ2n) is 8.94. The molecule has 2 aromatic rings. The maximum Gasteiger partial charge on any atom is 0.282 e. The first-order valence-electron chi connectivity index (χ1n) is 10.6. The van der Waals surface area contributed by atoms with Gasteiger partial charge in [0.05, 0.1) is 30.6 Å². The van der Waals surface area contributed by atoms with E-state index in [1.54, 1.807) is 0 Å². The van der Waals surface area contributed by atoms with Crippen LogP contribution in [-0.4, -0.2) is 52.1 Å². The van der Waals surface area contributed by atoms with Crippen molar-refractivity contribution in [2.75, 3.05) is 13.1 Å². The first kappa shape index (κ1) is 23.8. The van der Waals surface area contributed by atoms with Crippen molar-refractivity contribution >= 4 is 16.9 Å². The zero-order chi connectivity index (χ0) is 24.1. The third-order valence-corrected chi connectivity index (χ3v) is 6.47. The molecule has 2 aliphatic rings. The van der Waals surface area contributed by atoms with Gasteiger partial charge < -0.3 is 15.6 Å². The highest BCUT2D eigenvalue weighted by Crippen LogP contribution is 2.41. The summed E-state index contributed by atoms with van der Waals surface area (Å²) in [4.78, 5) is 20.3. The van der Waals surface area contributed by atoms with Crippen LogP contribution in [0.4, 0.5) is 30.7 Å². The Morgan fingerprint density at radius 1 is 1.15 bits per heavy atom. The van der Waals surface area contributed by atoms with E-state index in [9.17, 15) is 31.1 Å². The number of carbonyl (C=O) groups is 1. The van der Waals surface area contributed by atoms with Gasteiger partial charge in [-0.3, -0.25) is 4.79 Å². The van der Waals surface area contributed by atoms with Crippen molar-refractivity contribution < 1.29 is 35.5 Å². The standard InChI is InChI=1S/C21H23F7N4O/c22-14(23)7-12(19(33)32-8-21(27,28)9-32)11-1-2-13-17(15(11)24)31-18(30-13)16(29)10-3-5-20(25,26)6-4-10/h1-2,10,12,14,16H,3-9,29H2,(H,30,31). The predicted octanol–water partition coefficient (Wildman–Crippen LogP) is 4.74. The number of nitrogens with two attached hydrogens (primary N) is 1. The lowest BCUT2D eigenvalue weighted by atomic mass is 9.82. The van der Waals surface area contributed by atoms with E-state index in [1.165, 1.54) is 6.07 Å². The summed E-state index contributed by atoms with van der Waals surface area (Å²) in [5, 5.41) is 0. The second-order valence-corrected chi connectivity index (χ2v) is 8.94. The number of H-pyrrole nitrogens is 1. The average molecular weight is 480 g/mol. The number of amides is 1. The number of fused-ring (bicyclic) bond motifs is 1. The number of imidazole rings is 1. The van der Waals surface area contributed by atoms with Crippen molar-refractivity contribution in [2.45, 2.75) is 62.3 Å². The minimum absolute atomic E-state index is 0.162. The van der Waals surface area contributed by atoms with Gasteiger partial charge in [-0.05, 0) is 24.8 Å². The topological polar surface area (TPSA) is 75.0 Å². The Balaban J connectivity index is 1.60. The van der Waals surface area contributed by atoms with Gasteiger partial charge in [0.1, 0.15) is 11.3 Å². The Morgan fingerprint density at radius 2 is 1.79 bits per heavy atom. The fourth-order valence-electron chi connectivity index (χ4n) is 4.58. The molecule has 1 aliphatic carbocycles. The van der Waals surface area contributed by atoms with Crippen LogP contribution in [0.3, 0.4) is 0 Å². The lowest BCUT2D eigenvalue weighted by Gasteiger charge is -2.40. The molecular weight excluding hydrogens is 457 g/mol. The van der Waals surface area contributed by atoms with Crippen LogP contribution in [0, 0.1) is 11.7 Å². The van der Waals surface area contributed by atoms with Gasteiger partial charge in [0, 0.05) is 24.8 Å². The van der Waals surface area contributed by atoms with Gasteiger partial charge in [0.25, 0.3) is 5.92 Å². The van der Waals surface area contributed by atoms with Crippen molar-refractivity contribution in [3.05, 3.63) is 29.3 Å². The highest BCUT2D eigenvalue weighted by Gasteiger charge is 2.48. The summed E-state index contributed by atoms with van der Waals surface area (Å²) >= 11 is 0. The zero-order valence-corrected chi connectivity index (χ0v) is 17.4. The van der Waals surface area contributed by atoms with Crippen molar-refractivity contribution in [3.8, 4) is 0 Å². The number of benzene rings is 1. The quantitative estimate of drug-likeness (QED) is 0.587. The van der Waals surface area contributed by atoms with Crippen LogP contribution in [-0.2, 0) is 4.79 Å². The first-order chi connectivity index (χ1) is 15.4. The number of nitrogens with one attached hydrogen (secondary N) is 1. The van der Waals surface area contributed by atoms with Crippen molar-refractivity contribution in [2.24, 2.45) is 11.7 Å². The molecule has 0 spiro atoms. The number of carbonyl (C=O) groups excluding carboxylic acids is 1. The maximum atomic E-state index is 15.3. The summed E-state index contributed by atoms with van der Waals surface area (Å²) in [5.74, 6) is -9.65. The van der Waals surface area contributed by atoms with E-state index in [-0.39, 0.29) is 54.0 Å². The Kier molecular flexibility index (Phi) is 6.08. The van der Waals surface area contributed by atoms with E-state index in [0.29, 0.717) is 0 Å². The highest BCUT2D eigenvalue weighted by atomic mass is 19.3. The number of aromatic amines is 1. The fraction of sp³-hybridized carbons (Fsp3) is 0.619. The number of halogens is 7. The normalized spacial score (nSPS) is 22.4. The first-order valence-corrected chi connectivity index (χ1v) is 10.6. The molecule has 3 N–H and O–H groups in total. The molecule has 1 aliphatic heterocycles. The van der Waals surface area contributed by atoms with E-state index in [2.05, 4.69) is 9.97 Å². The van der Waals surface area contributed by atoms with Crippen LogP contribution >= 0.6 is 0 Å². The largest absolute Gasteiger partial charge is 0.341 e. The monoisotopic (exact) mass is 480 g/mol. The van der Waals surface area contributed by atoms with Gasteiger partial charge in [-0.2, -0.15) is 0 Å². The molecule has 1 aromatic carbocycles. The molecule has 1 aromatic heterocycles. The van der Waals surface area contributed by atoms with E-state index in [4.69, 9.17) is 5.73 Å². The van der Waals surface area contributed by atoms with Crippen molar-refractivity contribution in [3.63, 3.8) is 0 Å². The van der Waals surface area contributed by atoms with Gasteiger partial charge in [-0.1, -0.05) is 6.07 Å². The predicted molar refractivity (Wildman–Crippen MR) is 105 cm³/mol. The SMILES string of the molecule is NC(c1nc2c(F)c(C(CC(F)F)C(=O)N3CC(F)(F)C3)ccc2[nH]1)C1CCC(F)(F)CC1. The number of hydrogen-bond acceptors (Lipinski definition) is 3. The van der Waals surface area contributed by atoms with E-state index < -0.39 is 61.5 Å². The van der Waals surface area contributed by atoms with Gasteiger partial charge in [-0.25, -0.2) is 35.7 Å². The van der Waals surface area contributed by atoms with Crippen LogP contribution in [0.2, 0.25) is 0 Å². The maximum absolute atomic E-state index is 15.3. The number of nitrogens with zero attached hydrogens (tertiary/aromatic N) is 2. The molecule has 5 nitrogen and oxygen atoms in total. The minimum atomic E-state index is -3.09. The summed E-state index contributed by atoms with van der Waals surface area (Å²) in [7, 11) is 0. The molecular formula is C21H23F7N4O. The molecule has 0 radical (unpaired) electrons. The Hall–Kier alpha value is -2.37. The van der Waals surface area contributed by atoms with Crippen molar-refractivity contribution in [1.29, 1.82) is 0 Å². The second kappa shape index (κ2) is 8.44. The molecule has 1 saturated carbocycles. The summed E-state index contributed by atoms with van der Waals surface area (Å²) in [5.41, 5.74) is 5.77. The summed E-state index contributed by atoms with van der Waals surface area (Å²) < 4.78 is 94.8. The van der Waals surface area contributed by atoms with E-state index in [1.807, 2.05) is 0 Å². The van der Waals surface area contributed by atoms with Gasteiger partial charge in [-0.15, -0.1) is 0 Å². The third-order valence-electron chi connectivity index (χ3n) is 6.47. The fourth-order valence-corrected chi connectivity index (χ4v) is 4.58. The Morgan fingerprint density at radius 3 is 2.36 bits per heavy atom. The number of rotatable bonds is 6. The third kappa shape index (κ3) is 4.80. The zero-order valence-electron chi connectivity index (χ0n) is 17.4. The molecule has 182 valence electrons. The smallest absolute Gasteiger partial charge is 0.282 e. The lowest BCUT2D eigenvalue weighted by Crippen LogP contribution is -2.59. The van der Waals surface area contributed by atoms with E-state index in [0.717, 1.165) is 11.0 Å². The molecule has 1 saturated heterocycles. The Labute approximate surface area is 184 Å². The molecule has 4 rings (SSSR count). The van der Waals surface area contributed by atoms with Gasteiger partial charge in [0.2, 0.25) is 18.3 Å². The molecule has 2 heterocycles. The molecule has 0 bridgehead atoms. The molecule has 2 fully saturated rings. The average Bonchev–Trinajstić information content (AvgIpc) is 3.15. The summed E-state index contributed by atoms with van der Waals surface area (Å²) in [6.45, 7) is -1.81. The molecule has 2 atom stereocenters. The van der Waals surface area contributed by atoms with Crippen LogP contribution in [0.1, 0.15) is 55.5 Å². The summed E-state index contributed by atoms with van der Waals surface area (Å²) in [6, 6.07) is 1.73. The van der Waals surface area contributed by atoms with Crippen molar-refractivity contribution in [1.82, 2.24) is 14.9 Å². The van der Waals surface area contributed by atoms with E-state index >= 15 is 4.39 Å². The Bertz CT molecular complexity index is 1020.